The highest BCUT2D eigenvalue weighted by atomic mass is 16.5. The molecule has 3 N–H and O–H groups in total. The second-order valence-corrected chi connectivity index (χ2v) is 5.54. The van der Waals surface area contributed by atoms with Gasteiger partial charge in [0, 0.05) is 5.92 Å². The molecule has 2 rings (SSSR count). The van der Waals surface area contributed by atoms with Crippen LogP contribution in [-0.4, -0.2) is 16.6 Å². The van der Waals surface area contributed by atoms with E-state index in [1.165, 1.54) is 38.5 Å². The summed E-state index contributed by atoms with van der Waals surface area (Å²) < 4.78 is 5.83. The van der Waals surface area contributed by atoms with Crippen molar-refractivity contribution in [1.29, 1.82) is 0 Å². The van der Waals surface area contributed by atoms with Gasteiger partial charge in [0.15, 0.2) is 0 Å². The van der Waals surface area contributed by atoms with Gasteiger partial charge in [-0.25, -0.2) is 10.8 Å². The molecule has 112 valence electrons. The number of nitrogens with zero attached hydrogens (tertiary/aromatic N) is 2. The van der Waals surface area contributed by atoms with E-state index in [-0.39, 0.29) is 0 Å². The molecule has 0 saturated heterocycles. The fraction of sp³-hybridized carbons (Fsp3) is 0.733. The SMILES string of the molecule is CCCCCCCOc1nc(C2CC2)nc(NN)c1C. The minimum Gasteiger partial charge on any atom is -0.477 e. The Morgan fingerprint density at radius 1 is 1.20 bits per heavy atom. The molecule has 0 radical (unpaired) electrons. The van der Waals surface area contributed by atoms with Crippen LogP contribution in [0.15, 0.2) is 0 Å². The van der Waals surface area contributed by atoms with Crippen LogP contribution in [0.5, 0.6) is 5.88 Å². The molecule has 5 nitrogen and oxygen atoms in total. The van der Waals surface area contributed by atoms with Crippen molar-refractivity contribution in [2.45, 2.75) is 64.7 Å². The van der Waals surface area contributed by atoms with Crippen LogP contribution in [0.25, 0.3) is 0 Å². The van der Waals surface area contributed by atoms with E-state index in [2.05, 4.69) is 22.3 Å². The van der Waals surface area contributed by atoms with Gasteiger partial charge in [-0.3, -0.25) is 0 Å². The Hall–Kier alpha value is -1.36. The minimum atomic E-state index is 0.495. The van der Waals surface area contributed by atoms with Gasteiger partial charge in [-0.1, -0.05) is 32.6 Å². The molecule has 0 aliphatic heterocycles. The first-order chi connectivity index (χ1) is 9.76. The predicted octanol–water partition coefficient (Wildman–Crippen LogP) is 3.30. The summed E-state index contributed by atoms with van der Waals surface area (Å²) in [6.45, 7) is 4.88. The molecule has 1 aromatic rings. The van der Waals surface area contributed by atoms with E-state index in [0.717, 1.165) is 24.4 Å². The second-order valence-electron chi connectivity index (χ2n) is 5.54. The lowest BCUT2D eigenvalue weighted by atomic mass is 10.2. The Balaban J connectivity index is 1.90. The molecule has 0 bridgehead atoms. The Morgan fingerprint density at radius 2 is 1.95 bits per heavy atom. The fourth-order valence-corrected chi connectivity index (χ4v) is 2.19. The van der Waals surface area contributed by atoms with Gasteiger partial charge in [0.05, 0.1) is 12.2 Å². The summed E-state index contributed by atoms with van der Waals surface area (Å²) in [5.74, 6) is 8.25. The Labute approximate surface area is 121 Å². The molecule has 1 aromatic heterocycles. The van der Waals surface area contributed by atoms with Crippen LogP contribution in [0.3, 0.4) is 0 Å². The van der Waals surface area contributed by atoms with Gasteiger partial charge in [-0.2, -0.15) is 4.98 Å². The number of rotatable bonds is 9. The maximum absolute atomic E-state index is 5.83. The zero-order chi connectivity index (χ0) is 14.4. The van der Waals surface area contributed by atoms with E-state index < -0.39 is 0 Å². The Morgan fingerprint density at radius 3 is 2.60 bits per heavy atom. The van der Waals surface area contributed by atoms with Crippen LogP contribution in [0, 0.1) is 6.92 Å². The van der Waals surface area contributed by atoms with Crippen LogP contribution in [0.2, 0.25) is 0 Å². The molecular formula is C15H26N4O. The highest BCUT2D eigenvalue weighted by molar-refractivity contribution is 5.48. The number of hydrazine groups is 1. The Kier molecular flexibility index (Phi) is 5.59. The summed E-state index contributed by atoms with van der Waals surface area (Å²) >= 11 is 0. The van der Waals surface area contributed by atoms with Crippen LogP contribution >= 0.6 is 0 Å². The summed E-state index contributed by atoms with van der Waals surface area (Å²) in [4.78, 5) is 9.00. The summed E-state index contributed by atoms with van der Waals surface area (Å²) in [6.07, 6.45) is 8.49. The lowest BCUT2D eigenvalue weighted by Crippen LogP contribution is -2.14. The zero-order valence-corrected chi connectivity index (χ0v) is 12.6. The zero-order valence-electron chi connectivity index (χ0n) is 12.6. The van der Waals surface area contributed by atoms with Crippen molar-refractivity contribution < 1.29 is 4.74 Å². The van der Waals surface area contributed by atoms with Gasteiger partial charge in [0.25, 0.3) is 0 Å². The quantitative estimate of drug-likeness (QED) is 0.412. The number of nitrogen functional groups attached to an aromatic ring is 1. The molecule has 1 heterocycles. The van der Waals surface area contributed by atoms with E-state index in [9.17, 15) is 0 Å². The first-order valence-corrected chi connectivity index (χ1v) is 7.74. The predicted molar refractivity (Wildman–Crippen MR) is 80.8 cm³/mol. The maximum atomic E-state index is 5.83. The molecule has 1 aliphatic carbocycles. The molecule has 0 atom stereocenters. The number of nitrogens with two attached hydrogens (primary N) is 1. The largest absolute Gasteiger partial charge is 0.477 e. The first-order valence-electron chi connectivity index (χ1n) is 7.74. The van der Waals surface area contributed by atoms with Crippen molar-refractivity contribution in [3.63, 3.8) is 0 Å². The summed E-state index contributed by atoms with van der Waals surface area (Å²) in [5, 5.41) is 0. The standard InChI is InChI=1S/C15H26N4O/c1-3-4-5-6-7-10-20-15-11(2)13(19-16)17-14(18-15)12-8-9-12/h12H,3-10,16H2,1-2H3,(H,17,18,19). The van der Waals surface area contributed by atoms with Crippen molar-refractivity contribution in [3.8, 4) is 5.88 Å². The highest BCUT2D eigenvalue weighted by Crippen LogP contribution is 2.39. The number of hydrogen-bond donors (Lipinski definition) is 2. The average Bonchev–Trinajstić information content (AvgIpc) is 3.29. The monoisotopic (exact) mass is 278 g/mol. The van der Waals surface area contributed by atoms with Gasteiger partial charge >= 0.3 is 0 Å². The lowest BCUT2D eigenvalue weighted by Gasteiger charge is -2.12. The molecule has 0 amide bonds. The van der Waals surface area contributed by atoms with Gasteiger partial charge in [0.2, 0.25) is 5.88 Å². The summed E-state index contributed by atoms with van der Waals surface area (Å²) in [7, 11) is 0. The molecule has 20 heavy (non-hydrogen) atoms. The molecular weight excluding hydrogens is 252 g/mol. The van der Waals surface area contributed by atoms with Crippen LogP contribution in [0.4, 0.5) is 5.82 Å². The molecule has 1 aliphatic rings. The van der Waals surface area contributed by atoms with Gasteiger partial charge in [-0.15, -0.1) is 0 Å². The second kappa shape index (κ2) is 7.43. The third kappa shape index (κ3) is 4.07. The lowest BCUT2D eigenvalue weighted by molar-refractivity contribution is 0.290. The van der Waals surface area contributed by atoms with Crippen molar-refractivity contribution in [2.24, 2.45) is 5.84 Å². The van der Waals surface area contributed by atoms with Crippen LogP contribution in [-0.2, 0) is 0 Å². The molecule has 0 spiro atoms. The van der Waals surface area contributed by atoms with E-state index >= 15 is 0 Å². The number of nitrogens with one attached hydrogen (secondary N) is 1. The normalized spacial score (nSPS) is 14.3. The van der Waals surface area contributed by atoms with E-state index in [0.29, 0.717) is 17.6 Å². The Bertz CT molecular complexity index is 432. The number of unbranched alkanes of at least 4 members (excludes halogenated alkanes) is 4. The van der Waals surface area contributed by atoms with E-state index in [4.69, 9.17) is 10.6 Å². The number of ether oxygens (including phenoxy) is 1. The van der Waals surface area contributed by atoms with Crippen molar-refractivity contribution in [3.05, 3.63) is 11.4 Å². The van der Waals surface area contributed by atoms with E-state index in [1.54, 1.807) is 0 Å². The van der Waals surface area contributed by atoms with Crippen LogP contribution in [0.1, 0.15) is 69.2 Å². The van der Waals surface area contributed by atoms with Crippen molar-refractivity contribution in [1.82, 2.24) is 9.97 Å². The van der Waals surface area contributed by atoms with Crippen molar-refractivity contribution >= 4 is 5.82 Å². The minimum absolute atomic E-state index is 0.495. The van der Waals surface area contributed by atoms with Gasteiger partial charge in [-0.05, 0) is 26.2 Å². The van der Waals surface area contributed by atoms with Gasteiger partial charge in [0.1, 0.15) is 11.6 Å². The number of hydrogen-bond acceptors (Lipinski definition) is 5. The molecule has 5 heteroatoms. The average molecular weight is 278 g/mol. The molecule has 1 fully saturated rings. The summed E-state index contributed by atoms with van der Waals surface area (Å²) in [5.41, 5.74) is 3.54. The highest BCUT2D eigenvalue weighted by Gasteiger charge is 2.28. The molecule has 0 aromatic carbocycles. The maximum Gasteiger partial charge on any atom is 0.221 e. The molecule has 1 saturated carbocycles. The van der Waals surface area contributed by atoms with Crippen molar-refractivity contribution in [2.75, 3.05) is 12.0 Å². The van der Waals surface area contributed by atoms with Crippen LogP contribution < -0.4 is 16.0 Å². The summed E-state index contributed by atoms with van der Waals surface area (Å²) in [6, 6.07) is 0. The van der Waals surface area contributed by atoms with E-state index in [1.807, 2.05) is 6.92 Å². The number of aromatic nitrogens is 2. The topological polar surface area (TPSA) is 73.1 Å². The van der Waals surface area contributed by atoms with Gasteiger partial charge < -0.3 is 10.2 Å². The third-order valence-electron chi connectivity index (χ3n) is 3.68. The number of anilines is 1. The fourth-order valence-electron chi connectivity index (χ4n) is 2.19. The first kappa shape index (κ1) is 15.0. The third-order valence-corrected chi connectivity index (χ3v) is 3.68. The molecule has 0 unspecified atom stereocenters. The smallest absolute Gasteiger partial charge is 0.221 e.